The minimum atomic E-state index is -0.498. The summed E-state index contributed by atoms with van der Waals surface area (Å²) in [7, 11) is 2.03. The normalized spacial score (nSPS) is 15.6. The molecule has 8 nitrogen and oxygen atoms in total. The molecule has 10 heteroatoms. The van der Waals surface area contributed by atoms with Gasteiger partial charge in [0.25, 0.3) is 0 Å². The summed E-state index contributed by atoms with van der Waals surface area (Å²) in [6, 6.07) is 1.27. The molecule has 0 amide bonds. The molecule has 3 heterocycles. The molecule has 1 fully saturated rings. The minimum Gasteiger partial charge on any atom is -0.375 e. The molecule has 0 radical (unpaired) electrons. The number of hydrogen-bond donors (Lipinski definition) is 2. The molecule has 27 heavy (non-hydrogen) atoms. The maximum Gasteiger partial charge on any atom is 0.199 e. The van der Waals surface area contributed by atoms with Crippen LogP contribution in [0.5, 0.6) is 0 Å². The third kappa shape index (κ3) is 4.06. The van der Waals surface area contributed by atoms with E-state index in [2.05, 4.69) is 32.6 Å². The van der Waals surface area contributed by atoms with Crippen molar-refractivity contribution in [3.63, 3.8) is 0 Å². The number of hydrogen-bond acceptors (Lipinski definition) is 6. The Hall–Kier alpha value is -2.59. The molecule has 3 rings (SSSR count). The lowest BCUT2D eigenvalue weighted by molar-refractivity contribution is 0.311. The maximum absolute atomic E-state index is 14.8. The molecular weight excluding hydrogens is 369 g/mol. The topological polar surface area (TPSA) is 91.8 Å². The number of nitrogens with two attached hydrogens (primary N) is 1. The van der Waals surface area contributed by atoms with Gasteiger partial charge in [-0.25, -0.2) is 9.37 Å². The standard InChI is InChI=1S/C17H22FN7OS/c1-3-24-10-11(9-20-22-17(19)27)14(26)12-8-13(18)16(21-15(12)24)25-6-4-23(2)5-7-25/h8-10H,3-7H2,1-2H3,(H3,19,22,27)/b20-9+. The predicted molar refractivity (Wildman–Crippen MR) is 109 cm³/mol. The number of aromatic nitrogens is 2. The van der Waals surface area contributed by atoms with Crippen LogP contribution in [0.1, 0.15) is 12.5 Å². The van der Waals surface area contributed by atoms with Gasteiger partial charge in [-0.15, -0.1) is 0 Å². The molecule has 0 atom stereocenters. The number of likely N-dealkylation sites (N-methyl/N-ethyl adjacent to an activating group) is 1. The molecule has 0 aliphatic carbocycles. The van der Waals surface area contributed by atoms with Crippen molar-refractivity contribution in [2.24, 2.45) is 10.8 Å². The van der Waals surface area contributed by atoms with Gasteiger partial charge in [0.15, 0.2) is 22.2 Å². The first kappa shape index (κ1) is 19.2. The van der Waals surface area contributed by atoms with Gasteiger partial charge >= 0.3 is 0 Å². The average molecular weight is 391 g/mol. The van der Waals surface area contributed by atoms with Gasteiger partial charge in [-0.3, -0.25) is 10.2 Å². The SMILES string of the molecule is CCn1cc(/C=N/NC(N)=S)c(=O)c2cc(F)c(N3CCN(C)CC3)nc21. The molecule has 0 unspecified atom stereocenters. The van der Waals surface area contributed by atoms with Crippen molar-refractivity contribution in [1.82, 2.24) is 19.9 Å². The van der Waals surface area contributed by atoms with Crippen molar-refractivity contribution in [2.45, 2.75) is 13.5 Å². The first-order chi connectivity index (χ1) is 12.9. The zero-order valence-corrected chi connectivity index (χ0v) is 16.1. The summed E-state index contributed by atoms with van der Waals surface area (Å²) in [6.07, 6.45) is 2.97. The van der Waals surface area contributed by atoms with Crippen LogP contribution in [-0.4, -0.2) is 59.0 Å². The summed E-state index contributed by atoms with van der Waals surface area (Å²) in [6.45, 7) is 5.56. The van der Waals surface area contributed by atoms with Crippen LogP contribution < -0.4 is 21.5 Å². The summed E-state index contributed by atoms with van der Waals surface area (Å²) in [4.78, 5) is 21.3. The number of thiocarbonyl (C=S) groups is 1. The maximum atomic E-state index is 14.8. The van der Waals surface area contributed by atoms with E-state index in [1.165, 1.54) is 12.3 Å². The third-order valence-corrected chi connectivity index (χ3v) is 4.62. The van der Waals surface area contributed by atoms with E-state index in [0.717, 1.165) is 13.1 Å². The van der Waals surface area contributed by atoms with E-state index in [1.54, 1.807) is 10.8 Å². The number of halogens is 1. The van der Waals surface area contributed by atoms with Gasteiger partial charge in [0.1, 0.15) is 5.65 Å². The fourth-order valence-corrected chi connectivity index (χ4v) is 3.09. The van der Waals surface area contributed by atoms with Gasteiger partial charge in [-0.05, 0) is 32.3 Å². The summed E-state index contributed by atoms with van der Waals surface area (Å²) in [5, 5.41) is 4.03. The highest BCUT2D eigenvalue weighted by Gasteiger charge is 2.21. The van der Waals surface area contributed by atoms with Gasteiger partial charge in [0, 0.05) is 38.9 Å². The van der Waals surface area contributed by atoms with E-state index in [1.807, 2.05) is 18.9 Å². The number of hydrazone groups is 1. The van der Waals surface area contributed by atoms with Crippen LogP contribution in [0.15, 0.2) is 22.2 Å². The molecule has 2 aromatic rings. The van der Waals surface area contributed by atoms with Crippen LogP contribution >= 0.6 is 12.2 Å². The molecule has 3 N–H and O–H groups in total. The highest BCUT2D eigenvalue weighted by molar-refractivity contribution is 7.80. The number of nitrogens with zero attached hydrogens (tertiary/aromatic N) is 5. The summed E-state index contributed by atoms with van der Waals surface area (Å²) < 4.78 is 16.6. The fraction of sp³-hybridized carbons (Fsp3) is 0.412. The Bertz CT molecular complexity index is 950. The predicted octanol–water partition coefficient (Wildman–Crippen LogP) is 0.474. The Morgan fingerprint density at radius 2 is 2.15 bits per heavy atom. The van der Waals surface area contributed by atoms with E-state index >= 15 is 0 Å². The summed E-state index contributed by atoms with van der Waals surface area (Å²) >= 11 is 4.67. The average Bonchev–Trinajstić information content (AvgIpc) is 2.64. The van der Waals surface area contributed by atoms with Crippen LogP contribution in [0, 0.1) is 5.82 Å². The lowest BCUT2D eigenvalue weighted by Crippen LogP contribution is -2.45. The molecule has 0 bridgehead atoms. The smallest absolute Gasteiger partial charge is 0.199 e. The molecule has 0 saturated carbocycles. The highest BCUT2D eigenvalue weighted by atomic mass is 32.1. The van der Waals surface area contributed by atoms with Crippen LogP contribution in [0.2, 0.25) is 0 Å². The molecule has 1 aliphatic rings. The van der Waals surface area contributed by atoms with E-state index in [0.29, 0.717) is 30.8 Å². The van der Waals surface area contributed by atoms with Crippen molar-refractivity contribution in [1.29, 1.82) is 0 Å². The van der Waals surface area contributed by atoms with Crippen molar-refractivity contribution in [3.8, 4) is 0 Å². The highest BCUT2D eigenvalue weighted by Crippen LogP contribution is 2.22. The number of aryl methyl sites for hydroxylation is 1. The van der Waals surface area contributed by atoms with E-state index < -0.39 is 5.82 Å². The second-order valence-electron chi connectivity index (χ2n) is 6.39. The van der Waals surface area contributed by atoms with Crippen LogP contribution in [0.4, 0.5) is 10.2 Å². The molecule has 2 aromatic heterocycles. The third-order valence-electron chi connectivity index (χ3n) is 4.53. The second kappa shape index (κ2) is 7.97. The molecule has 144 valence electrons. The Labute approximate surface area is 161 Å². The summed E-state index contributed by atoms with van der Waals surface area (Å²) in [5.74, 6) is -0.212. The van der Waals surface area contributed by atoms with E-state index in [-0.39, 0.29) is 21.7 Å². The molecule has 1 saturated heterocycles. The number of nitrogens with one attached hydrogen (secondary N) is 1. The van der Waals surface area contributed by atoms with Gasteiger partial charge < -0.3 is 20.1 Å². The zero-order chi connectivity index (χ0) is 19.6. The monoisotopic (exact) mass is 391 g/mol. The van der Waals surface area contributed by atoms with Crippen LogP contribution in [0.25, 0.3) is 11.0 Å². The Kier molecular flexibility index (Phi) is 5.66. The first-order valence-electron chi connectivity index (χ1n) is 8.66. The quantitative estimate of drug-likeness (QED) is 0.445. The number of pyridine rings is 2. The lowest BCUT2D eigenvalue weighted by atomic mass is 10.2. The van der Waals surface area contributed by atoms with Crippen molar-refractivity contribution >= 4 is 40.4 Å². The van der Waals surface area contributed by atoms with Crippen molar-refractivity contribution in [2.75, 3.05) is 38.1 Å². The number of anilines is 1. The van der Waals surface area contributed by atoms with Gasteiger partial charge in [-0.2, -0.15) is 5.10 Å². The lowest BCUT2D eigenvalue weighted by Gasteiger charge is -2.33. The largest absolute Gasteiger partial charge is 0.375 e. The molecule has 0 aromatic carbocycles. The molecular formula is C17H22FN7OS. The van der Waals surface area contributed by atoms with Gasteiger partial charge in [-0.1, -0.05) is 0 Å². The number of fused-ring (bicyclic) bond motifs is 1. The fourth-order valence-electron chi connectivity index (χ4n) is 3.04. The number of piperazine rings is 1. The second-order valence-corrected chi connectivity index (χ2v) is 6.83. The van der Waals surface area contributed by atoms with E-state index in [4.69, 9.17) is 5.73 Å². The zero-order valence-electron chi connectivity index (χ0n) is 15.3. The van der Waals surface area contributed by atoms with Gasteiger partial charge in [0.2, 0.25) is 0 Å². The molecule has 0 spiro atoms. The van der Waals surface area contributed by atoms with Crippen molar-refractivity contribution < 1.29 is 4.39 Å². The first-order valence-corrected chi connectivity index (χ1v) is 9.07. The Balaban J connectivity index is 2.07. The van der Waals surface area contributed by atoms with Crippen LogP contribution in [-0.2, 0) is 6.54 Å². The minimum absolute atomic E-state index is 0.00705. The summed E-state index contributed by atoms with van der Waals surface area (Å²) in [5.41, 5.74) is 8.12. The van der Waals surface area contributed by atoms with Crippen molar-refractivity contribution in [3.05, 3.63) is 33.9 Å². The molecule has 1 aliphatic heterocycles. The number of rotatable bonds is 4. The Morgan fingerprint density at radius 3 is 2.78 bits per heavy atom. The van der Waals surface area contributed by atoms with Crippen LogP contribution in [0.3, 0.4) is 0 Å². The van der Waals surface area contributed by atoms with E-state index in [9.17, 15) is 9.18 Å². The Morgan fingerprint density at radius 1 is 1.44 bits per heavy atom. The van der Waals surface area contributed by atoms with Gasteiger partial charge in [0.05, 0.1) is 17.2 Å².